The normalized spacial score (nSPS) is 11.6. The number of allylic oxidation sites excluding steroid dienone is 4. The zero-order valence-electron chi connectivity index (χ0n) is 10.2. The van der Waals surface area contributed by atoms with Crippen molar-refractivity contribution in [2.45, 2.75) is 0 Å². The fourth-order valence-electron chi connectivity index (χ4n) is 1.16. The predicted octanol–water partition coefficient (Wildman–Crippen LogP) is 2.90. The number of hydrogen-bond acceptors (Lipinski definition) is 2. The van der Waals surface area contributed by atoms with E-state index in [1.165, 1.54) is 6.08 Å². The molecule has 0 heterocycles. The summed E-state index contributed by atoms with van der Waals surface area (Å²) in [6, 6.07) is 9.96. The van der Waals surface area contributed by atoms with Gasteiger partial charge in [0, 0.05) is 26.4 Å². The summed E-state index contributed by atoms with van der Waals surface area (Å²) in [6.45, 7) is 0. The third-order valence-corrected chi connectivity index (χ3v) is 2.00. The zero-order chi connectivity index (χ0) is 12.5. The van der Waals surface area contributed by atoms with Crippen molar-refractivity contribution >= 4 is 11.9 Å². The average Bonchev–Trinajstić information content (AvgIpc) is 2.33. The highest BCUT2D eigenvalue weighted by atomic mass is 16.1. The van der Waals surface area contributed by atoms with Crippen molar-refractivity contribution in [3.8, 4) is 0 Å². The molecule has 0 aliphatic rings. The molecule has 0 atom stereocenters. The quantitative estimate of drug-likeness (QED) is 0.569. The minimum absolute atomic E-state index is 0.0172. The van der Waals surface area contributed by atoms with Gasteiger partial charge in [-0.25, -0.2) is 0 Å². The van der Waals surface area contributed by atoms with Crippen molar-refractivity contribution in [2.75, 3.05) is 14.1 Å². The van der Waals surface area contributed by atoms with E-state index in [4.69, 9.17) is 0 Å². The topological polar surface area (TPSA) is 20.3 Å². The van der Waals surface area contributed by atoms with Crippen LogP contribution in [0.15, 0.2) is 60.8 Å². The van der Waals surface area contributed by atoms with Gasteiger partial charge in [0.2, 0.25) is 0 Å². The van der Waals surface area contributed by atoms with Crippen LogP contribution in [0.25, 0.3) is 6.08 Å². The molecule has 0 saturated carbocycles. The molecule has 0 aliphatic carbocycles. The van der Waals surface area contributed by atoms with Crippen LogP contribution in [0.3, 0.4) is 0 Å². The van der Waals surface area contributed by atoms with Gasteiger partial charge in [-0.2, -0.15) is 0 Å². The molecule has 2 nitrogen and oxygen atoms in total. The maximum absolute atomic E-state index is 11.3. The van der Waals surface area contributed by atoms with Crippen LogP contribution in [0, 0.1) is 0 Å². The molecule has 1 rings (SSSR count). The Morgan fingerprint density at radius 3 is 2.41 bits per heavy atom. The van der Waals surface area contributed by atoms with Gasteiger partial charge in [0.25, 0.3) is 0 Å². The Balaban J connectivity index is 2.45. The molecule has 0 aromatic heterocycles. The highest BCUT2D eigenvalue weighted by Gasteiger charge is 1.86. The van der Waals surface area contributed by atoms with Crippen LogP contribution in [-0.4, -0.2) is 24.8 Å². The van der Waals surface area contributed by atoms with Crippen molar-refractivity contribution in [1.29, 1.82) is 0 Å². The van der Waals surface area contributed by atoms with E-state index in [-0.39, 0.29) is 5.78 Å². The third kappa shape index (κ3) is 6.15. The van der Waals surface area contributed by atoms with Gasteiger partial charge in [0.05, 0.1) is 0 Å². The summed E-state index contributed by atoms with van der Waals surface area (Å²) < 4.78 is 0. The molecule has 2 heteroatoms. The fourth-order valence-corrected chi connectivity index (χ4v) is 1.16. The summed E-state index contributed by atoms with van der Waals surface area (Å²) in [6.07, 6.45) is 10.4. The lowest BCUT2D eigenvalue weighted by Gasteiger charge is -2.00. The van der Waals surface area contributed by atoms with Gasteiger partial charge < -0.3 is 4.90 Å². The number of carbonyl (C=O) groups is 1. The molecule has 0 radical (unpaired) electrons. The van der Waals surface area contributed by atoms with Gasteiger partial charge >= 0.3 is 0 Å². The first-order valence-corrected chi connectivity index (χ1v) is 5.47. The van der Waals surface area contributed by atoms with Gasteiger partial charge in [-0.05, 0) is 11.6 Å². The summed E-state index contributed by atoms with van der Waals surface area (Å²) >= 11 is 0. The number of rotatable bonds is 5. The van der Waals surface area contributed by atoms with Gasteiger partial charge in [0.15, 0.2) is 5.78 Å². The standard InChI is InChI=1S/C15H17NO/c1-16(2)13-12-15(17)11-7-6-10-14-8-4-3-5-9-14/h3-13H,1-2H3/b10-6-,11-7+,13-12+. The van der Waals surface area contributed by atoms with E-state index in [0.717, 1.165) is 5.56 Å². The van der Waals surface area contributed by atoms with Crippen molar-refractivity contribution in [3.05, 3.63) is 66.4 Å². The molecular weight excluding hydrogens is 210 g/mol. The van der Waals surface area contributed by atoms with E-state index in [1.54, 1.807) is 18.4 Å². The molecular formula is C15H17NO. The Kier molecular flexibility index (Phi) is 5.52. The van der Waals surface area contributed by atoms with E-state index < -0.39 is 0 Å². The lowest BCUT2D eigenvalue weighted by molar-refractivity contribution is -0.110. The molecule has 1 aromatic carbocycles. The van der Waals surface area contributed by atoms with Gasteiger partial charge in [-0.3, -0.25) is 4.79 Å². The second kappa shape index (κ2) is 7.23. The summed E-state index contributed by atoms with van der Waals surface area (Å²) in [7, 11) is 3.76. The molecule has 0 unspecified atom stereocenters. The van der Waals surface area contributed by atoms with Crippen LogP contribution in [0.5, 0.6) is 0 Å². The predicted molar refractivity (Wildman–Crippen MR) is 72.5 cm³/mol. The molecule has 0 fully saturated rings. The first kappa shape index (κ1) is 13.0. The Bertz CT molecular complexity index is 427. The van der Waals surface area contributed by atoms with Crippen LogP contribution in [-0.2, 0) is 4.79 Å². The smallest absolute Gasteiger partial charge is 0.180 e. The number of carbonyl (C=O) groups excluding carboxylic acids is 1. The maximum atomic E-state index is 11.3. The monoisotopic (exact) mass is 227 g/mol. The molecule has 0 spiro atoms. The zero-order valence-corrected chi connectivity index (χ0v) is 10.2. The van der Waals surface area contributed by atoms with Gasteiger partial charge in [-0.1, -0.05) is 48.6 Å². The maximum Gasteiger partial charge on any atom is 0.180 e. The highest BCUT2D eigenvalue weighted by molar-refractivity contribution is 5.99. The molecule has 0 bridgehead atoms. The van der Waals surface area contributed by atoms with Crippen LogP contribution in [0.2, 0.25) is 0 Å². The molecule has 17 heavy (non-hydrogen) atoms. The largest absolute Gasteiger partial charge is 0.383 e. The van der Waals surface area contributed by atoms with Crippen LogP contribution in [0.1, 0.15) is 5.56 Å². The minimum Gasteiger partial charge on any atom is -0.383 e. The van der Waals surface area contributed by atoms with E-state index in [0.29, 0.717) is 0 Å². The van der Waals surface area contributed by atoms with Crippen LogP contribution >= 0.6 is 0 Å². The Morgan fingerprint density at radius 1 is 1.06 bits per heavy atom. The van der Waals surface area contributed by atoms with Crippen molar-refractivity contribution < 1.29 is 4.79 Å². The number of benzene rings is 1. The fraction of sp³-hybridized carbons (Fsp3) is 0.133. The highest BCUT2D eigenvalue weighted by Crippen LogP contribution is 2.00. The first-order valence-electron chi connectivity index (χ1n) is 5.47. The van der Waals surface area contributed by atoms with E-state index in [2.05, 4.69) is 0 Å². The average molecular weight is 227 g/mol. The second-order valence-electron chi connectivity index (χ2n) is 3.81. The Hall–Kier alpha value is -2.09. The number of ketones is 1. The first-order chi connectivity index (χ1) is 8.18. The lowest BCUT2D eigenvalue weighted by Crippen LogP contribution is -2.01. The molecule has 0 amide bonds. The van der Waals surface area contributed by atoms with Crippen LogP contribution in [0.4, 0.5) is 0 Å². The van der Waals surface area contributed by atoms with Crippen molar-refractivity contribution in [2.24, 2.45) is 0 Å². The van der Waals surface area contributed by atoms with Crippen molar-refractivity contribution in [1.82, 2.24) is 4.90 Å². The lowest BCUT2D eigenvalue weighted by atomic mass is 10.2. The van der Waals surface area contributed by atoms with Gasteiger partial charge in [-0.15, -0.1) is 0 Å². The summed E-state index contributed by atoms with van der Waals surface area (Å²) in [5.41, 5.74) is 1.12. The Labute approximate surface area is 103 Å². The molecule has 0 saturated heterocycles. The second-order valence-corrected chi connectivity index (χ2v) is 3.81. The summed E-state index contributed by atoms with van der Waals surface area (Å²) in [5.74, 6) is -0.0172. The molecule has 1 aromatic rings. The van der Waals surface area contributed by atoms with Gasteiger partial charge in [0.1, 0.15) is 0 Å². The molecule has 0 aliphatic heterocycles. The summed E-state index contributed by atoms with van der Waals surface area (Å²) in [5, 5.41) is 0. The van der Waals surface area contributed by atoms with Crippen molar-refractivity contribution in [3.63, 3.8) is 0 Å². The summed E-state index contributed by atoms with van der Waals surface area (Å²) in [4.78, 5) is 13.1. The SMILES string of the molecule is CN(C)/C=C/C(=O)/C=C/C=C\c1ccccc1. The van der Waals surface area contributed by atoms with E-state index >= 15 is 0 Å². The molecule has 0 N–H and O–H groups in total. The third-order valence-electron chi connectivity index (χ3n) is 2.00. The Morgan fingerprint density at radius 2 is 1.76 bits per heavy atom. The number of hydrogen-bond donors (Lipinski definition) is 0. The van der Waals surface area contributed by atoms with E-state index in [9.17, 15) is 4.79 Å². The van der Waals surface area contributed by atoms with Crippen LogP contribution < -0.4 is 0 Å². The van der Waals surface area contributed by atoms with E-state index in [1.807, 2.05) is 61.5 Å². The minimum atomic E-state index is -0.0172. The number of nitrogens with zero attached hydrogens (tertiary/aromatic N) is 1. The molecule has 88 valence electrons.